The zero-order chi connectivity index (χ0) is 12.5. The predicted molar refractivity (Wildman–Crippen MR) is 78.8 cm³/mol. The van der Waals surface area contributed by atoms with Gasteiger partial charge in [0.1, 0.15) is 0 Å². The van der Waals surface area contributed by atoms with Crippen molar-refractivity contribution in [2.75, 3.05) is 6.54 Å². The van der Waals surface area contributed by atoms with Crippen molar-refractivity contribution in [2.24, 2.45) is 11.1 Å². The van der Waals surface area contributed by atoms with Crippen molar-refractivity contribution in [3.05, 3.63) is 30.3 Å². The predicted octanol–water partition coefficient (Wildman–Crippen LogP) is 4.22. The van der Waals surface area contributed by atoms with Crippen LogP contribution in [0.1, 0.15) is 44.9 Å². The molecule has 0 heterocycles. The lowest BCUT2D eigenvalue weighted by Crippen LogP contribution is -2.54. The van der Waals surface area contributed by atoms with Gasteiger partial charge in [-0.05, 0) is 43.2 Å². The third kappa shape index (κ3) is 2.33. The maximum absolute atomic E-state index is 6.09. The quantitative estimate of drug-likeness (QED) is 0.881. The Bertz CT molecular complexity index is 387. The minimum atomic E-state index is 0.332. The van der Waals surface area contributed by atoms with Crippen LogP contribution in [0.2, 0.25) is 0 Å². The molecule has 2 N–H and O–H groups in total. The Kier molecular flexibility index (Phi) is 3.42. The summed E-state index contributed by atoms with van der Waals surface area (Å²) in [5.41, 5.74) is 6.75. The molecule has 1 aromatic rings. The van der Waals surface area contributed by atoms with Crippen LogP contribution in [0.4, 0.5) is 0 Å². The summed E-state index contributed by atoms with van der Waals surface area (Å²) in [6.45, 7) is 0.828. The maximum Gasteiger partial charge on any atom is 0.0339 e. The molecule has 2 fully saturated rings. The van der Waals surface area contributed by atoms with Crippen LogP contribution < -0.4 is 5.73 Å². The summed E-state index contributed by atoms with van der Waals surface area (Å²) in [7, 11) is 0. The van der Waals surface area contributed by atoms with E-state index in [0.29, 0.717) is 10.2 Å². The zero-order valence-electron chi connectivity index (χ0n) is 11.0. The van der Waals surface area contributed by atoms with E-state index in [1.807, 2.05) is 11.8 Å². The van der Waals surface area contributed by atoms with Gasteiger partial charge in [-0.25, -0.2) is 0 Å². The molecule has 0 aliphatic heterocycles. The van der Waals surface area contributed by atoms with Gasteiger partial charge >= 0.3 is 0 Å². The molecule has 0 radical (unpaired) electrons. The highest BCUT2D eigenvalue weighted by atomic mass is 32.2. The number of hydrogen-bond donors (Lipinski definition) is 1. The Balaban J connectivity index is 1.67. The second-order valence-electron chi connectivity index (χ2n) is 6.22. The van der Waals surface area contributed by atoms with Gasteiger partial charge in [-0.15, -0.1) is 11.8 Å². The van der Waals surface area contributed by atoms with Crippen molar-refractivity contribution in [1.29, 1.82) is 0 Å². The fourth-order valence-corrected chi connectivity index (χ4v) is 5.60. The molecule has 18 heavy (non-hydrogen) atoms. The molecular weight excluding hydrogens is 238 g/mol. The molecule has 0 saturated heterocycles. The molecule has 2 saturated carbocycles. The van der Waals surface area contributed by atoms with Crippen molar-refractivity contribution in [3.63, 3.8) is 0 Å². The minimum Gasteiger partial charge on any atom is -0.329 e. The van der Waals surface area contributed by atoms with Crippen LogP contribution in [0.25, 0.3) is 0 Å². The van der Waals surface area contributed by atoms with E-state index < -0.39 is 0 Å². The van der Waals surface area contributed by atoms with Gasteiger partial charge in [0.25, 0.3) is 0 Å². The third-order valence-electron chi connectivity index (χ3n) is 4.76. The van der Waals surface area contributed by atoms with Gasteiger partial charge in [0.2, 0.25) is 0 Å². The van der Waals surface area contributed by atoms with Crippen molar-refractivity contribution < 1.29 is 0 Å². The zero-order valence-corrected chi connectivity index (χ0v) is 11.8. The highest BCUT2D eigenvalue weighted by molar-refractivity contribution is 8.00. The van der Waals surface area contributed by atoms with Crippen molar-refractivity contribution in [3.8, 4) is 0 Å². The smallest absolute Gasteiger partial charge is 0.0339 e. The van der Waals surface area contributed by atoms with Crippen molar-refractivity contribution in [1.82, 2.24) is 0 Å². The summed E-state index contributed by atoms with van der Waals surface area (Å²) < 4.78 is 0.332. The summed E-state index contributed by atoms with van der Waals surface area (Å²) in [4.78, 5) is 1.38. The first kappa shape index (κ1) is 12.6. The topological polar surface area (TPSA) is 26.0 Å². The summed E-state index contributed by atoms with van der Waals surface area (Å²) in [6.07, 6.45) is 9.91. The lowest BCUT2D eigenvalue weighted by molar-refractivity contribution is 0.0402. The van der Waals surface area contributed by atoms with Crippen LogP contribution in [0, 0.1) is 5.41 Å². The van der Waals surface area contributed by atoms with Gasteiger partial charge in [-0.2, -0.15) is 0 Å². The molecule has 1 nitrogen and oxygen atoms in total. The molecule has 2 aliphatic rings. The molecule has 1 spiro atoms. The Morgan fingerprint density at radius 3 is 2.28 bits per heavy atom. The standard InChI is InChI=1S/C16H23NS/c17-13-16(18-14-7-3-1-4-8-14)11-15(12-16)9-5-2-6-10-15/h1,3-4,7-8H,2,5-6,9-13,17H2. The third-order valence-corrected chi connectivity index (χ3v) is 6.15. The van der Waals surface area contributed by atoms with Gasteiger partial charge in [0, 0.05) is 16.2 Å². The van der Waals surface area contributed by atoms with E-state index in [-0.39, 0.29) is 0 Å². The maximum atomic E-state index is 6.09. The molecule has 0 atom stereocenters. The number of rotatable bonds is 3. The van der Waals surface area contributed by atoms with E-state index in [9.17, 15) is 0 Å². The molecule has 1 aromatic carbocycles. The molecule has 0 amide bonds. The van der Waals surface area contributed by atoms with Crippen LogP contribution in [-0.4, -0.2) is 11.3 Å². The van der Waals surface area contributed by atoms with E-state index in [2.05, 4.69) is 30.3 Å². The summed E-state index contributed by atoms with van der Waals surface area (Å²) in [5.74, 6) is 0. The van der Waals surface area contributed by atoms with Crippen molar-refractivity contribution >= 4 is 11.8 Å². The second-order valence-corrected chi connectivity index (χ2v) is 7.76. The highest BCUT2D eigenvalue weighted by Crippen LogP contribution is 2.62. The van der Waals surface area contributed by atoms with E-state index in [1.54, 1.807) is 0 Å². The van der Waals surface area contributed by atoms with Gasteiger partial charge in [-0.1, -0.05) is 37.5 Å². The second kappa shape index (κ2) is 4.90. The molecule has 98 valence electrons. The highest BCUT2D eigenvalue weighted by Gasteiger charge is 2.53. The van der Waals surface area contributed by atoms with Crippen molar-refractivity contribution in [2.45, 2.75) is 54.6 Å². The molecule has 2 aliphatic carbocycles. The van der Waals surface area contributed by atoms with E-state index in [1.165, 1.54) is 49.8 Å². The Morgan fingerprint density at radius 2 is 1.67 bits per heavy atom. The fraction of sp³-hybridized carbons (Fsp3) is 0.625. The molecule has 2 heteroatoms. The fourth-order valence-electron chi connectivity index (χ4n) is 3.97. The van der Waals surface area contributed by atoms with Crippen LogP contribution in [0.5, 0.6) is 0 Å². The van der Waals surface area contributed by atoms with Gasteiger partial charge in [-0.3, -0.25) is 0 Å². The number of benzene rings is 1. The van der Waals surface area contributed by atoms with Crippen LogP contribution in [-0.2, 0) is 0 Å². The number of nitrogens with two attached hydrogens (primary N) is 1. The van der Waals surface area contributed by atoms with E-state index >= 15 is 0 Å². The first-order chi connectivity index (χ1) is 8.76. The van der Waals surface area contributed by atoms with Crippen LogP contribution in [0.15, 0.2) is 35.2 Å². The lowest BCUT2D eigenvalue weighted by atomic mass is 9.55. The van der Waals surface area contributed by atoms with Crippen LogP contribution >= 0.6 is 11.8 Å². The molecule has 3 rings (SSSR count). The summed E-state index contributed by atoms with van der Waals surface area (Å²) in [5, 5.41) is 0. The molecule has 0 aromatic heterocycles. The average Bonchev–Trinajstić information content (AvgIpc) is 2.39. The first-order valence-corrected chi connectivity index (χ1v) is 8.02. The molecule has 0 unspecified atom stereocenters. The van der Waals surface area contributed by atoms with Gasteiger partial charge in [0.05, 0.1) is 0 Å². The van der Waals surface area contributed by atoms with E-state index in [4.69, 9.17) is 5.73 Å². The normalized spacial score (nSPS) is 24.7. The average molecular weight is 261 g/mol. The monoisotopic (exact) mass is 261 g/mol. The number of thioether (sulfide) groups is 1. The van der Waals surface area contributed by atoms with E-state index in [0.717, 1.165) is 6.54 Å². The Morgan fingerprint density at radius 1 is 1.00 bits per heavy atom. The first-order valence-electron chi connectivity index (χ1n) is 7.20. The van der Waals surface area contributed by atoms with Gasteiger partial charge < -0.3 is 5.73 Å². The number of hydrogen-bond acceptors (Lipinski definition) is 2. The summed E-state index contributed by atoms with van der Waals surface area (Å²) in [6, 6.07) is 10.8. The SMILES string of the molecule is NCC1(Sc2ccccc2)CC2(CCCCC2)C1. The largest absolute Gasteiger partial charge is 0.329 e. The van der Waals surface area contributed by atoms with Crippen LogP contribution in [0.3, 0.4) is 0 Å². The van der Waals surface area contributed by atoms with Gasteiger partial charge in [0.15, 0.2) is 0 Å². The molecule has 0 bridgehead atoms. The molecular formula is C16H23NS. The minimum absolute atomic E-state index is 0.332. The summed E-state index contributed by atoms with van der Waals surface area (Å²) >= 11 is 2.02. The Hall–Kier alpha value is -0.470. The Labute approximate surface area is 115 Å². The lowest BCUT2D eigenvalue weighted by Gasteiger charge is -2.57.